The molecular formula is C20H25ClFN5O4. The molecule has 2 atom stereocenters. The Kier molecular flexibility index (Phi) is 8.49. The minimum atomic E-state index is -2.41. The third-order valence-electron chi connectivity index (χ3n) is 4.53. The molecule has 0 aliphatic heterocycles. The highest BCUT2D eigenvalue weighted by molar-refractivity contribution is 6.29. The molecule has 0 unspecified atom stereocenters. The van der Waals surface area contributed by atoms with Crippen molar-refractivity contribution < 1.29 is 23.6 Å². The van der Waals surface area contributed by atoms with Crippen LogP contribution in [0.15, 0.2) is 24.4 Å². The lowest BCUT2D eigenvalue weighted by molar-refractivity contribution is -0.145. The summed E-state index contributed by atoms with van der Waals surface area (Å²) in [5, 5.41) is 0.620. The molecule has 11 heteroatoms. The van der Waals surface area contributed by atoms with E-state index in [0.29, 0.717) is 28.2 Å². The van der Waals surface area contributed by atoms with E-state index in [4.69, 9.17) is 17.3 Å². The standard InChI is InChI=1S/C20H25ClFN5O4/c1-11(2)8-12(9-16(28)15-10-14-13(25-15)4-3-6-24-14)19(30)26-27(7-5-17(23)29)20(31)18(21)22/h3-4,6,10-12,18,25H,5,7-9H2,1-2H3,(H2,23,29)(H,26,30)/t12-,18-/m1/s1. The number of hydrazine groups is 1. The highest BCUT2D eigenvalue weighted by atomic mass is 35.5. The number of nitrogens with two attached hydrogens (primary N) is 1. The molecule has 4 N–H and O–H groups in total. The number of alkyl halides is 2. The molecule has 3 amide bonds. The van der Waals surface area contributed by atoms with Crippen molar-refractivity contribution in [2.24, 2.45) is 17.6 Å². The molecule has 0 bridgehead atoms. The van der Waals surface area contributed by atoms with Gasteiger partial charge in [0, 0.05) is 25.0 Å². The lowest BCUT2D eigenvalue weighted by Gasteiger charge is -2.26. The van der Waals surface area contributed by atoms with Crippen LogP contribution in [0.25, 0.3) is 11.0 Å². The van der Waals surface area contributed by atoms with Gasteiger partial charge in [-0.3, -0.25) is 29.6 Å². The second-order valence-corrected chi connectivity index (χ2v) is 7.94. The van der Waals surface area contributed by atoms with Crippen molar-refractivity contribution in [2.75, 3.05) is 6.54 Å². The first kappa shape index (κ1) is 24.3. The Hall–Kier alpha value is -3.01. The Bertz CT molecular complexity index is 929. The van der Waals surface area contributed by atoms with Crippen LogP contribution in [-0.2, 0) is 14.4 Å². The van der Waals surface area contributed by atoms with Crippen molar-refractivity contribution >= 4 is 46.1 Å². The van der Waals surface area contributed by atoms with Crippen molar-refractivity contribution in [2.45, 2.75) is 38.7 Å². The van der Waals surface area contributed by atoms with E-state index in [1.807, 2.05) is 13.8 Å². The summed E-state index contributed by atoms with van der Waals surface area (Å²) in [5.41, 5.74) is 6.56. The lowest BCUT2D eigenvalue weighted by atomic mass is 9.91. The summed E-state index contributed by atoms with van der Waals surface area (Å²) in [6.45, 7) is 3.41. The van der Waals surface area contributed by atoms with Crippen LogP contribution in [0.2, 0.25) is 0 Å². The number of ketones is 1. The Labute approximate surface area is 183 Å². The zero-order valence-electron chi connectivity index (χ0n) is 17.2. The Morgan fingerprint density at radius 2 is 2.03 bits per heavy atom. The summed E-state index contributed by atoms with van der Waals surface area (Å²) in [6.07, 6.45) is 1.50. The second-order valence-electron chi connectivity index (χ2n) is 7.56. The van der Waals surface area contributed by atoms with E-state index in [9.17, 15) is 23.6 Å². The van der Waals surface area contributed by atoms with E-state index >= 15 is 0 Å². The van der Waals surface area contributed by atoms with Gasteiger partial charge in [0.2, 0.25) is 11.8 Å². The third kappa shape index (κ3) is 7.02. The van der Waals surface area contributed by atoms with Gasteiger partial charge in [-0.25, -0.2) is 9.40 Å². The number of hydrogen-bond acceptors (Lipinski definition) is 5. The van der Waals surface area contributed by atoms with Gasteiger partial charge >= 0.3 is 0 Å². The number of primary amides is 1. The first-order valence-electron chi connectivity index (χ1n) is 9.73. The Morgan fingerprint density at radius 1 is 1.32 bits per heavy atom. The first-order chi connectivity index (χ1) is 14.6. The minimum absolute atomic E-state index is 0.0599. The first-order valence-corrected chi connectivity index (χ1v) is 10.2. The number of rotatable bonds is 10. The predicted octanol–water partition coefficient (Wildman–Crippen LogP) is 2.07. The zero-order valence-corrected chi connectivity index (χ0v) is 18.0. The number of hydrogen-bond donors (Lipinski definition) is 3. The van der Waals surface area contributed by atoms with Crippen molar-refractivity contribution in [1.82, 2.24) is 20.4 Å². The molecule has 0 aliphatic rings. The lowest BCUT2D eigenvalue weighted by Crippen LogP contribution is -2.51. The molecule has 2 rings (SSSR count). The Morgan fingerprint density at radius 3 is 2.61 bits per heavy atom. The van der Waals surface area contributed by atoms with Crippen LogP contribution in [0.5, 0.6) is 0 Å². The highest BCUT2D eigenvalue weighted by Crippen LogP contribution is 2.21. The van der Waals surface area contributed by atoms with Crippen LogP contribution in [0, 0.1) is 11.8 Å². The number of pyridine rings is 1. The highest BCUT2D eigenvalue weighted by Gasteiger charge is 2.29. The molecule has 2 heterocycles. The number of H-pyrrole nitrogens is 1. The van der Waals surface area contributed by atoms with Crippen LogP contribution in [0.1, 0.15) is 43.6 Å². The SMILES string of the molecule is CC(C)C[C@H](CC(=O)c1cc2ncccc2[nH]1)C(=O)NN(CCC(N)=O)C(=O)[C@@H](F)Cl. The van der Waals surface area contributed by atoms with Crippen LogP contribution in [-0.4, -0.2) is 50.7 Å². The van der Waals surface area contributed by atoms with E-state index < -0.39 is 29.3 Å². The van der Waals surface area contributed by atoms with Gasteiger partial charge in [0.15, 0.2) is 5.78 Å². The average Bonchev–Trinajstić information content (AvgIpc) is 3.13. The number of Topliss-reactive ketones (excluding diaryl/α,β-unsaturated/α-hetero) is 1. The van der Waals surface area contributed by atoms with Crippen LogP contribution in [0.4, 0.5) is 4.39 Å². The fourth-order valence-electron chi connectivity index (χ4n) is 3.08. The number of amides is 3. The van der Waals surface area contributed by atoms with E-state index in [1.54, 1.807) is 24.4 Å². The van der Waals surface area contributed by atoms with Crippen molar-refractivity contribution in [3.05, 3.63) is 30.1 Å². The van der Waals surface area contributed by atoms with E-state index in [-0.39, 0.29) is 31.1 Å². The largest absolute Gasteiger partial charge is 0.370 e. The third-order valence-corrected chi connectivity index (χ3v) is 4.71. The molecule has 2 aromatic heterocycles. The predicted molar refractivity (Wildman–Crippen MR) is 112 cm³/mol. The number of aromatic amines is 1. The number of halogens is 2. The van der Waals surface area contributed by atoms with Crippen LogP contribution in [0.3, 0.4) is 0 Å². The number of nitrogens with one attached hydrogen (secondary N) is 2. The normalized spacial score (nSPS) is 13.1. The molecule has 0 radical (unpaired) electrons. The number of nitrogens with zero attached hydrogens (tertiary/aromatic N) is 2. The summed E-state index contributed by atoms with van der Waals surface area (Å²) in [7, 11) is 0. The van der Waals surface area contributed by atoms with Gasteiger partial charge in [0.05, 0.1) is 23.3 Å². The van der Waals surface area contributed by atoms with Crippen molar-refractivity contribution in [1.29, 1.82) is 0 Å². The average molecular weight is 454 g/mol. The van der Waals surface area contributed by atoms with Gasteiger partial charge in [-0.15, -0.1) is 0 Å². The van der Waals surface area contributed by atoms with E-state index in [0.717, 1.165) is 0 Å². The number of aromatic nitrogens is 2. The summed E-state index contributed by atoms with van der Waals surface area (Å²) in [4.78, 5) is 55.7. The molecule has 0 aliphatic carbocycles. The van der Waals surface area contributed by atoms with Gasteiger partial charge in [-0.2, -0.15) is 0 Å². The van der Waals surface area contributed by atoms with Crippen LogP contribution >= 0.6 is 11.6 Å². The summed E-state index contributed by atoms with van der Waals surface area (Å²) < 4.78 is 13.3. The smallest absolute Gasteiger partial charge is 0.291 e. The number of carbonyl (C=O) groups is 4. The van der Waals surface area contributed by atoms with Gasteiger partial charge < -0.3 is 10.7 Å². The zero-order chi connectivity index (χ0) is 23.1. The molecule has 0 spiro atoms. The molecule has 9 nitrogen and oxygen atoms in total. The summed E-state index contributed by atoms with van der Waals surface area (Å²) in [6, 6.07) is 5.11. The monoisotopic (exact) mass is 453 g/mol. The molecule has 0 aromatic carbocycles. The molecule has 168 valence electrons. The molecule has 0 saturated carbocycles. The second kappa shape index (κ2) is 10.9. The van der Waals surface area contributed by atoms with Gasteiger partial charge in [0.25, 0.3) is 11.5 Å². The van der Waals surface area contributed by atoms with E-state index in [2.05, 4.69) is 15.4 Å². The fraction of sp³-hybridized carbons (Fsp3) is 0.450. The summed E-state index contributed by atoms with van der Waals surface area (Å²) in [5.74, 6) is -3.68. The van der Waals surface area contributed by atoms with Crippen molar-refractivity contribution in [3.8, 4) is 0 Å². The van der Waals surface area contributed by atoms with Gasteiger partial charge in [0.1, 0.15) is 0 Å². The van der Waals surface area contributed by atoms with Crippen LogP contribution < -0.4 is 11.2 Å². The minimum Gasteiger partial charge on any atom is -0.370 e. The maximum Gasteiger partial charge on any atom is 0.291 e. The maximum absolute atomic E-state index is 13.3. The van der Waals surface area contributed by atoms with Gasteiger partial charge in [-0.05, 0) is 30.5 Å². The molecule has 0 fully saturated rings. The maximum atomic E-state index is 13.3. The molecule has 0 saturated heterocycles. The number of fused-ring (bicyclic) bond motifs is 1. The molecule has 2 aromatic rings. The topological polar surface area (TPSA) is 138 Å². The van der Waals surface area contributed by atoms with Gasteiger partial charge in [-0.1, -0.05) is 25.4 Å². The fourth-order valence-corrected chi connectivity index (χ4v) is 3.20. The quantitative estimate of drug-likeness (QED) is 0.287. The Balaban J connectivity index is 2.16. The molecular weight excluding hydrogens is 429 g/mol. The molecule has 31 heavy (non-hydrogen) atoms. The van der Waals surface area contributed by atoms with E-state index in [1.165, 1.54) is 0 Å². The summed E-state index contributed by atoms with van der Waals surface area (Å²) >= 11 is 5.20. The van der Waals surface area contributed by atoms with Crippen molar-refractivity contribution in [3.63, 3.8) is 0 Å². The number of carbonyl (C=O) groups excluding carboxylic acids is 4.